The van der Waals surface area contributed by atoms with Gasteiger partial charge in [-0.25, -0.2) is 18.5 Å². The van der Waals surface area contributed by atoms with Gasteiger partial charge in [0.05, 0.1) is 26.1 Å². The number of nitrogens with zero attached hydrogens (tertiary/aromatic N) is 3. The molecule has 0 aliphatic carbocycles. The first kappa shape index (κ1) is 22.7. The van der Waals surface area contributed by atoms with Gasteiger partial charge in [0.25, 0.3) is 5.69 Å². The third-order valence-electron chi connectivity index (χ3n) is 4.44. The van der Waals surface area contributed by atoms with Gasteiger partial charge >= 0.3 is 0 Å². The molecule has 1 atom stereocenters. The largest absolute Gasteiger partial charge is 0.325 e. The van der Waals surface area contributed by atoms with E-state index in [4.69, 9.17) is 5.14 Å². The molecule has 3 N–H and O–H groups in total. The van der Waals surface area contributed by atoms with Gasteiger partial charge in [-0.2, -0.15) is 0 Å². The number of hydrogen-bond donors (Lipinski definition) is 2. The fourth-order valence-corrected chi connectivity index (χ4v) is 4.43. The van der Waals surface area contributed by atoms with Gasteiger partial charge in [0.15, 0.2) is 5.16 Å². The molecule has 1 aromatic heterocycles. The molecule has 1 amide bonds. The number of carbonyl (C=O) groups is 1. The Bertz CT molecular complexity index is 1260. The van der Waals surface area contributed by atoms with Gasteiger partial charge in [-0.1, -0.05) is 24.8 Å². The average Bonchev–Trinajstić information content (AvgIpc) is 3.04. The number of non-ortho nitro benzene ring substituents is 1. The molecule has 0 aliphatic heterocycles. The summed E-state index contributed by atoms with van der Waals surface area (Å²) in [7, 11) is -3.86. The summed E-state index contributed by atoms with van der Waals surface area (Å²) in [6.45, 7) is 4.33. The number of nitrogens with one attached hydrogen (secondary N) is 1. The predicted molar refractivity (Wildman–Crippen MR) is 118 cm³/mol. The fraction of sp³-hybridized carbons (Fsp3) is 0.263. The highest BCUT2D eigenvalue weighted by atomic mass is 32.2. The van der Waals surface area contributed by atoms with E-state index in [0.29, 0.717) is 22.9 Å². The summed E-state index contributed by atoms with van der Waals surface area (Å²) in [6, 6.07) is 10.2. The third kappa shape index (κ3) is 5.21. The van der Waals surface area contributed by atoms with Crippen LogP contribution in [0.5, 0.6) is 0 Å². The van der Waals surface area contributed by atoms with Crippen LogP contribution in [0.3, 0.4) is 0 Å². The molecular weight excluding hydrogens is 442 g/mol. The standard InChI is InChI=1S/C19H21N5O5S2/c1-3-9-23-17-8-7-15(31(20,28)29)11-16(17)22-19(23)30-12(2)18(25)21-13-5-4-6-14(10-13)24(26)27/h4-8,10-12H,3,9H2,1-2H3,(H,21,25)(H2,20,28,29). The summed E-state index contributed by atoms with van der Waals surface area (Å²) in [6.07, 6.45) is 0.810. The zero-order valence-electron chi connectivity index (χ0n) is 16.8. The number of nitro benzene ring substituents is 1. The summed E-state index contributed by atoms with van der Waals surface area (Å²) >= 11 is 1.21. The lowest BCUT2D eigenvalue weighted by molar-refractivity contribution is -0.384. The van der Waals surface area contributed by atoms with E-state index in [1.54, 1.807) is 19.1 Å². The summed E-state index contributed by atoms with van der Waals surface area (Å²) in [5, 5.41) is 18.8. The second-order valence-corrected chi connectivity index (χ2v) is 9.67. The van der Waals surface area contributed by atoms with Crippen LogP contribution in [0.1, 0.15) is 20.3 Å². The smallest absolute Gasteiger partial charge is 0.271 e. The van der Waals surface area contributed by atoms with Crippen molar-refractivity contribution in [3.8, 4) is 0 Å². The Hall–Kier alpha value is -2.96. The van der Waals surface area contributed by atoms with E-state index < -0.39 is 20.2 Å². The lowest BCUT2D eigenvalue weighted by Gasteiger charge is -2.13. The van der Waals surface area contributed by atoms with Crippen molar-refractivity contribution in [1.82, 2.24) is 9.55 Å². The van der Waals surface area contributed by atoms with Gasteiger partial charge in [0.2, 0.25) is 15.9 Å². The van der Waals surface area contributed by atoms with Crippen LogP contribution >= 0.6 is 11.8 Å². The molecule has 10 nitrogen and oxygen atoms in total. The van der Waals surface area contributed by atoms with Crippen molar-refractivity contribution in [1.29, 1.82) is 0 Å². The van der Waals surface area contributed by atoms with Crippen LogP contribution in [0.25, 0.3) is 11.0 Å². The topological polar surface area (TPSA) is 150 Å². The fourth-order valence-electron chi connectivity index (χ4n) is 2.95. The minimum atomic E-state index is -3.86. The second kappa shape index (κ2) is 9.04. The monoisotopic (exact) mass is 463 g/mol. The molecule has 12 heteroatoms. The Morgan fingerprint density at radius 1 is 1.32 bits per heavy atom. The van der Waals surface area contributed by atoms with Gasteiger partial charge < -0.3 is 9.88 Å². The number of fused-ring (bicyclic) bond motifs is 1. The molecule has 0 radical (unpaired) electrons. The maximum Gasteiger partial charge on any atom is 0.271 e. The maximum absolute atomic E-state index is 12.6. The quantitative estimate of drug-likeness (QED) is 0.296. The Balaban J connectivity index is 1.85. The van der Waals surface area contributed by atoms with Crippen LogP contribution in [0.2, 0.25) is 0 Å². The van der Waals surface area contributed by atoms with Crippen molar-refractivity contribution in [2.75, 3.05) is 5.32 Å². The molecule has 31 heavy (non-hydrogen) atoms. The first-order valence-corrected chi connectivity index (χ1v) is 11.8. The number of thioether (sulfide) groups is 1. The van der Waals surface area contributed by atoms with E-state index in [0.717, 1.165) is 11.9 Å². The van der Waals surface area contributed by atoms with Crippen LogP contribution in [-0.2, 0) is 21.4 Å². The molecule has 0 saturated carbocycles. The van der Waals surface area contributed by atoms with Crippen molar-refractivity contribution in [3.63, 3.8) is 0 Å². The summed E-state index contributed by atoms with van der Waals surface area (Å²) < 4.78 is 25.2. The zero-order valence-corrected chi connectivity index (χ0v) is 18.4. The number of benzene rings is 2. The van der Waals surface area contributed by atoms with Gasteiger partial charge in [-0.15, -0.1) is 0 Å². The molecular formula is C19H21N5O5S2. The van der Waals surface area contributed by atoms with Crippen molar-refractivity contribution in [3.05, 3.63) is 52.6 Å². The van der Waals surface area contributed by atoms with E-state index in [1.165, 1.54) is 42.1 Å². The molecule has 3 aromatic rings. The average molecular weight is 464 g/mol. The number of nitrogens with two attached hydrogens (primary N) is 1. The highest BCUT2D eigenvalue weighted by Gasteiger charge is 2.21. The van der Waals surface area contributed by atoms with Crippen molar-refractivity contribution in [2.24, 2.45) is 5.14 Å². The number of sulfonamides is 1. The Kier molecular flexibility index (Phi) is 6.62. The molecule has 2 aromatic carbocycles. The van der Waals surface area contributed by atoms with Crippen LogP contribution in [0.4, 0.5) is 11.4 Å². The lowest BCUT2D eigenvalue weighted by atomic mass is 10.2. The SMILES string of the molecule is CCCn1c(SC(C)C(=O)Nc2cccc([N+](=O)[O-])c2)nc2cc(S(N)(=O)=O)ccc21. The summed E-state index contributed by atoms with van der Waals surface area (Å²) in [5.41, 5.74) is 1.41. The van der Waals surface area contributed by atoms with Crippen molar-refractivity contribution < 1.29 is 18.1 Å². The molecule has 1 heterocycles. The molecule has 0 saturated heterocycles. The number of hydrogen-bond acceptors (Lipinski definition) is 7. The van der Waals surface area contributed by atoms with Gasteiger partial charge in [-0.05, 0) is 37.6 Å². The Labute approximate surface area is 183 Å². The molecule has 0 bridgehead atoms. The predicted octanol–water partition coefficient (Wildman–Crippen LogP) is 3.12. The lowest BCUT2D eigenvalue weighted by Crippen LogP contribution is -2.23. The highest BCUT2D eigenvalue weighted by molar-refractivity contribution is 8.00. The number of aryl methyl sites for hydroxylation is 1. The zero-order chi connectivity index (χ0) is 22.8. The van der Waals surface area contributed by atoms with Gasteiger partial charge in [-0.3, -0.25) is 14.9 Å². The second-order valence-electron chi connectivity index (χ2n) is 6.80. The number of rotatable bonds is 8. The van der Waals surface area contributed by atoms with Gasteiger partial charge in [0.1, 0.15) is 0 Å². The number of aromatic nitrogens is 2. The number of nitro groups is 1. The first-order chi connectivity index (χ1) is 14.6. The minimum absolute atomic E-state index is 0.0332. The van der Waals surface area contributed by atoms with E-state index >= 15 is 0 Å². The number of primary sulfonamides is 1. The van der Waals surface area contributed by atoms with E-state index in [-0.39, 0.29) is 16.5 Å². The first-order valence-electron chi connectivity index (χ1n) is 9.35. The van der Waals surface area contributed by atoms with Crippen LogP contribution in [0, 0.1) is 10.1 Å². The summed E-state index contributed by atoms with van der Waals surface area (Å²) in [4.78, 5) is 27.5. The van der Waals surface area contributed by atoms with E-state index in [9.17, 15) is 23.3 Å². The normalized spacial score (nSPS) is 12.6. The van der Waals surface area contributed by atoms with E-state index in [2.05, 4.69) is 10.3 Å². The Morgan fingerprint density at radius 2 is 2.06 bits per heavy atom. The number of amides is 1. The van der Waals surface area contributed by atoms with E-state index in [1.807, 2.05) is 11.5 Å². The van der Waals surface area contributed by atoms with Gasteiger partial charge in [0, 0.05) is 24.4 Å². The molecule has 164 valence electrons. The van der Waals surface area contributed by atoms with Crippen LogP contribution in [-0.4, -0.2) is 34.0 Å². The summed E-state index contributed by atoms with van der Waals surface area (Å²) in [5.74, 6) is -0.342. The van der Waals surface area contributed by atoms with Crippen LogP contribution in [0.15, 0.2) is 52.5 Å². The number of imidazole rings is 1. The maximum atomic E-state index is 12.6. The third-order valence-corrected chi connectivity index (χ3v) is 6.44. The molecule has 3 rings (SSSR count). The van der Waals surface area contributed by atoms with Crippen molar-refractivity contribution >= 4 is 50.1 Å². The van der Waals surface area contributed by atoms with Crippen molar-refractivity contribution in [2.45, 2.75) is 42.1 Å². The molecule has 0 aliphatic rings. The molecule has 1 unspecified atom stereocenters. The Morgan fingerprint density at radius 3 is 2.71 bits per heavy atom. The highest BCUT2D eigenvalue weighted by Crippen LogP contribution is 2.29. The number of carbonyl (C=O) groups excluding carboxylic acids is 1. The minimum Gasteiger partial charge on any atom is -0.325 e. The number of anilines is 1. The molecule has 0 fully saturated rings. The molecule has 0 spiro atoms. The van der Waals surface area contributed by atoms with Crippen LogP contribution < -0.4 is 10.5 Å².